The van der Waals surface area contributed by atoms with Crippen LogP contribution in [-0.2, 0) is 0 Å². The fraction of sp³-hybridized carbons (Fsp3) is 0.125. The van der Waals surface area contributed by atoms with Crippen molar-refractivity contribution in [3.8, 4) is 18.1 Å². The number of pyridine rings is 1. The zero-order valence-electron chi connectivity index (χ0n) is 5.97. The highest BCUT2D eigenvalue weighted by molar-refractivity contribution is 6.33. The standard InChI is InChI=1S/C8H6ClNO/c1-3-6-8(9)7(11-2)4-5-10-6/h1,4-5H,2H3. The van der Waals surface area contributed by atoms with E-state index in [-0.39, 0.29) is 0 Å². The molecule has 1 heterocycles. The summed E-state index contributed by atoms with van der Waals surface area (Å²) >= 11 is 5.78. The third kappa shape index (κ3) is 1.44. The lowest BCUT2D eigenvalue weighted by Gasteiger charge is -2.01. The largest absolute Gasteiger partial charge is 0.495 e. The van der Waals surface area contributed by atoms with Gasteiger partial charge in [-0.15, -0.1) is 6.42 Å². The Kier molecular flexibility index (Phi) is 2.35. The summed E-state index contributed by atoms with van der Waals surface area (Å²) < 4.78 is 4.92. The Morgan fingerprint density at radius 2 is 2.45 bits per heavy atom. The lowest BCUT2D eigenvalue weighted by atomic mass is 10.3. The van der Waals surface area contributed by atoms with Gasteiger partial charge >= 0.3 is 0 Å². The number of hydrogen-bond acceptors (Lipinski definition) is 2. The second-order valence-corrected chi connectivity index (χ2v) is 2.20. The molecule has 0 radical (unpaired) electrons. The van der Waals surface area contributed by atoms with Crippen LogP contribution in [0, 0.1) is 12.3 Å². The quantitative estimate of drug-likeness (QED) is 0.595. The molecule has 0 bridgehead atoms. The van der Waals surface area contributed by atoms with E-state index in [1.54, 1.807) is 12.3 Å². The summed E-state index contributed by atoms with van der Waals surface area (Å²) in [5.41, 5.74) is 0.408. The van der Waals surface area contributed by atoms with E-state index in [9.17, 15) is 0 Å². The van der Waals surface area contributed by atoms with Gasteiger partial charge in [-0.1, -0.05) is 11.6 Å². The van der Waals surface area contributed by atoms with E-state index in [0.717, 1.165) is 0 Å². The van der Waals surface area contributed by atoms with Crippen molar-refractivity contribution in [3.63, 3.8) is 0 Å². The van der Waals surface area contributed by atoms with E-state index in [0.29, 0.717) is 16.5 Å². The molecular weight excluding hydrogens is 162 g/mol. The molecule has 0 amide bonds. The van der Waals surface area contributed by atoms with Crippen molar-refractivity contribution in [3.05, 3.63) is 23.0 Å². The molecule has 0 aromatic carbocycles. The number of hydrogen-bond donors (Lipinski definition) is 0. The van der Waals surface area contributed by atoms with Crippen LogP contribution in [0.2, 0.25) is 5.02 Å². The van der Waals surface area contributed by atoms with Crippen LogP contribution in [0.5, 0.6) is 5.75 Å². The molecule has 1 aromatic heterocycles. The topological polar surface area (TPSA) is 22.1 Å². The Hall–Kier alpha value is -1.20. The van der Waals surface area contributed by atoms with Gasteiger partial charge < -0.3 is 4.74 Å². The first-order valence-corrected chi connectivity index (χ1v) is 3.32. The van der Waals surface area contributed by atoms with Crippen molar-refractivity contribution in [2.45, 2.75) is 0 Å². The molecule has 0 fully saturated rings. The lowest BCUT2D eigenvalue weighted by Crippen LogP contribution is -1.89. The Morgan fingerprint density at radius 3 is 3.00 bits per heavy atom. The average Bonchev–Trinajstić information content (AvgIpc) is 2.05. The van der Waals surface area contributed by atoms with Crippen LogP contribution in [0.1, 0.15) is 5.69 Å². The molecule has 0 saturated heterocycles. The summed E-state index contributed by atoms with van der Waals surface area (Å²) in [7, 11) is 1.53. The molecule has 2 nitrogen and oxygen atoms in total. The SMILES string of the molecule is C#Cc1nccc(OC)c1Cl. The Morgan fingerprint density at radius 1 is 1.73 bits per heavy atom. The summed E-state index contributed by atoms with van der Waals surface area (Å²) in [6.07, 6.45) is 6.68. The van der Waals surface area contributed by atoms with E-state index < -0.39 is 0 Å². The van der Waals surface area contributed by atoms with Crippen LogP contribution in [0.3, 0.4) is 0 Å². The predicted octanol–water partition coefficient (Wildman–Crippen LogP) is 1.72. The molecule has 56 valence electrons. The van der Waals surface area contributed by atoms with Gasteiger partial charge in [0, 0.05) is 12.3 Å². The van der Waals surface area contributed by atoms with Gasteiger partial charge in [-0.3, -0.25) is 0 Å². The van der Waals surface area contributed by atoms with E-state index in [1.165, 1.54) is 7.11 Å². The molecule has 0 unspecified atom stereocenters. The second kappa shape index (κ2) is 3.27. The third-order valence-electron chi connectivity index (χ3n) is 1.21. The Labute approximate surface area is 70.2 Å². The van der Waals surface area contributed by atoms with Gasteiger partial charge in [-0.05, 0) is 5.92 Å². The minimum absolute atomic E-state index is 0.387. The van der Waals surface area contributed by atoms with Gasteiger partial charge in [0.25, 0.3) is 0 Å². The van der Waals surface area contributed by atoms with E-state index in [2.05, 4.69) is 10.9 Å². The summed E-state index contributed by atoms with van der Waals surface area (Å²) in [5, 5.41) is 0.387. The van der Waals surface area contributed by atoms with E-state index in [4.69, 9.17) is 22.8 Å². The minimum atomic E-state index is 0.387. The Bertz CT molecular complexity index is 303. The highest BCUT2D eigenvalue weighted by atomic mass is 35.5. The summed E-state index contributed by atoms with van der Waals surface area (Å²) in [6.45, 7) is 0. The first-order chi connectivity index (χ1) is 5.29. The van der Waals surface area contributed by atoms with Crippen LogP contribution in [-0.4, -0.2) is 12.1 Å². The summed E-state index contributed by atoms with van der Waals surface area (Å²) in [6, 6.07) is 1.66. The van der Waals surface area contributed by atoms with Crippen LogP contribution in [0.4, 0.5) is 0 Å². The van der Waals surface area contributed by atoms with Crippen molar-refractivity contribution < 1.29 is 4.74 Å². The third-order valence-corrected chi connectivity index (χ3v) is 1.58. The van der Waals surface area contributed by atoms with Gasteiger partial charge in [-0.2, -0.15) is 0 Å². The number of rotatable bonds is 1. The Balaban J connectivity index is 3.23. The van der Waals surface area contributed by atoms with Gasteiger partial charge in [0.05, 0.1) is 7.11 Å². The molecule has 11 heavy (non-hydrogen) atoms. The van der Waals surface area contributed by atoms with Crippen LogP contribution in [0.15, 0.2) is 12.3 Å². The van der Waals surface area contributed by atoms with Crippen molar-refractivity contribution in [1.29, 1.82) is 0 Å². The molecule has 0 N–H and O–H groups in total. The monoisotopic (exact) mass is 167 g/mol. The number of aromatic nitrogens is 1. The molecular formula is C8H6ClNO. The maximum atomic E-state index is 5.78. The molecule has 0 saturated carbocycles. The summed E-state index contributed by atoms with van der Waals surface area (Å²) in [5.74, 6) is 2.90. The van der Waals surface area contributed by atoms with Crippen LogP contribution < -0.4 is 4.74 Å². The van der Waals surface area contributed by atoms with Crippen molar-refractivity contribution in [1.82, 2.24) is 4.98 Å². The fourth-order valence-electron chi connectivity index (χ4n) is 0.684. The number of methoxy groups -OCH3 is 1. The molecule has 1 rings (SSSR count). The lowest BCUT2D eigenvalue weighted by molar-refractivity contribution is 0.414. The van der Waals surface area contributed by atoms with Crippen molar-refractivity contribution >= 4 is 11.6 Å². The molecule has 0 aliphatic carbocycles. The minimum Gasteiger partial charge on any atom is -0.495 e. The van der Waals surface area contributed by atoms with Crippen LogP contribution in [0.25, 0.3) is 0 Å². The molecule has 0 spiro atoms. The van der Waals surface area contributed by atoms with Gasteiger partial charge in [0.1, 0.15) is 16.5 Å². The first kappa shape index (κ1) is 7.90. The first-order valence-electron chi connectivity index (χ1n) is 2.94. The fourth-order valence-corrected chi connectivity index (χ4v) is 0.928. The van der Waals surface area contributed by atoms with Gasteiger partial charge in [0.15, 0.2) is 0 Å². The number of terminal acetylenes is 1. The van der Waals surface area contributed by atoms with Crippen molar-refractivity contribution in [2.24, 2.45) is 0 Å². The van der Waals surface area contributed by atoms with Crippen LogP contribution >= 0.6 is 11.6 Å². The highest BCUT2D eigenvalue weighted by Crippen LogP contribution is 2.24. The van der Waals surface area contributed by atoms with Crippen molar-refractivity contribution in [2.75, 3.05) is 7.11 Å². The second-order valence-electron chi connectivity index (χ2n) is 1.82. The summed E-state index contributed by atoms with van der Waals surface area (Å²) in [4.78, 5) is 3.86. The predicted molar refractivity (Wildman–Crippen MR) is 43.7 cm³/mol. The average molecular weight is 168 g/mol. The maximum Gasteiger partial charge on any atom is 0.141 e. The zero-order chi connectivity index (χ0) is 8.27. The number of halogens is 1. The molecule has 3 heteroatoms. The maximum absolute atomic E-state index is 5.78. The van der Waals surface area contributed by atoms with Gasteiger partial charge in [-0.25, -0.2) is 4.98 Å². The zero-order valence-corrected chi connectivity index (χ0v) is 6.72. The molecule has 0 aliphatic rings. The van der Waals surface area contributed by atoms with E-state index in [1.807, 2.05) is 0 Å². The smallest absolute Gasteiger partial charge is 0.141 e. The molecule has 1 aromatic rings. The normalized spacial score (nSPS) is 8.82. The van der Waals surface area contributed by atoms with Gasteiger partial charge in [0.2, 0.25) is 0 Å². The molecule has 0 aliphatic heterocycles. The van der Waals surface area contributed by atoms with E-state index >= 15 is 0 Å². The number of nitrogens with zero attached hydrogens (tertiary/aromatic N) is 1. The highest BCUT2D eigenvalue weighted by Gasteiger charge is 2.03. The molecule has 0 atom stereocenters. The number of ether oxygens (including phenoxy) is 1.